The zero-order chi connectivity index (χ0) is 13.6. The lowest BCUT2D eigenvalue weighted by molar-refractivity contribution is -0.137. The fourth-order valence-electron chi connectivity index (χ4n) is 1.25. The molecular formula is C11H15F3N2O2. The van der Waals surface area contributed by atoms with Crippen molar-refractivity contribution in [2.45, 2.75) is 12.6 Å². The Kier molecular flexibility index (Phi) is 5.21. The van der Waals surface area contributed by atoms with Crippen LogP contribution in [-0.2, 0) is 10.9 Å². The Hall–Kier alpha value is -1.50. The lowest BCUT2D eigenvalue weighted by Crippen LogP contribution is -2.09. The van der Waals surface area contributed by atoms with Crippen molar-refractivity contribution in [3.05, 3.63) is 17.7 Å². The summed E-state index contributed by atoms with van der Waals surface area (Å²) in [5.74, 6) is 0.0665. The average molecular weight is 264 g/mol. The van der Waals surface area contributed by atoms with Crippen molar-refractivity contribution < 1.29 is 22.6 Å². The first-order valence-corrected chi connectivity index (χ1v) is 5.36. The lowest BCUT2D eigenvalue weighted by Gasteiger charge is -2.11. The Morgan fingerprint density at radius 2 is 2.00 bits per heavy atom. The molecule has 0 aliphatic heterocycles. The molecule has 0 fully saturated rings. The van der Waals surface area contributed by atoms with Crippen molar-refractivity contribution in [3.8, 4) is 5.88 Å². The van der Waals surface area contributed by atoms with Crippen molar-refractivity contribution in [2.75, 3.05) is 32.7 Å². The highest BCUT2D eigenvalue weighted by Crippen LogP contribution is 2.32. The van der Waals surface area contributed by atoms with Gasteiger partial charge >= 0.3 is 6.18 Å². The molecule has 0 radical (unpaired) electrons. The standard InChI is InChI=1S/C11H15F3N2O2/c1-15-9-6-8(11(12,13)14)7-10(16-9)18-5-3-4-17-2/h6-7H,3-5H2,1-2H3,(H,15,16). The average Bonchev–Trinajstić information content (AvgIpc) is 2.33. The van der Waals surface area contributed by atoms with Crippen molar-refractivity contribution in [1.29, 1.82) is 0 Å². The topological polar surface area (TPSA) is 43.4 Å². The Morgan fingerprint density at radius 3 is 2.56 bits per heavy atom. The van der Waals surface area contributed by atoms with Gasteiger partial charge in [-0.05, 0) is 6.07 Å². The molecule has 0 spiro atoms. The molecule has 0 unspecified atom stereocenters. The van der Waals surface area contributed by atoms with Crippen molar-refractivity contribution in [1.82, 2.24) is 4.98 Å². The summed E-state index contributed by atoms with van der Waals surface area (Å²) in [6.07, 6.45) is -3.83. The van der Waals surface area contributed by atoms with Gasteiger partial charge in [-0.15, -0.1) is 0 Å². The first-order valence-electron chi connectivity index (χ1n) is 5.36. The van der Waals surface area contributed by atoms with Crippen molar-refractivity contribution in [3.63, 3.8) is 0 Å². The maximum absolute atomic E-state index is 12.6. The molecule has 1 aromatic rings. The summed E-state index contributed by atoms with van der Waals surface area (Å²) in [7, 11) is 3.04. The van der Waals surface area contributed by atoms with Gasteiger partial charge in [0.2, 0.25) is 5.88 Å². The number of hydrogen-bond donors (Lipinski definition) is 1. The van der Waals surface area contributed by atoms with Gasteiger partial charge in [-0.2, -0.15) is 18.2 Å². The maximum atomic E-state index is 12.6. The Labute approximate surface area is 103 Å². The van der Waals surface area contributed by atoms with Gasteiger partial charge in [0.1, 0.15) is 5.82 Å². The molecule has 0 saturated carbocycles. The van der Waals surface area contributed by atoms with E-state index in [0.717, 1.165) is 12.1 Å². The minimum atomic E-state index is -4.42. The molecular weight excluding hydrogens is 249 g/mol. The third kappa shape index (κ3) is 4.40. The number of rotatable bonds is 6. The third-order valence-electron chi connectivity index (χ3n) is 2.13. The molecule has 18 heavy (non-hydrogen) atoms. The van der Waals surface area contributed by atoms with Crippen LogP contribution in [0.1, 0.15) is 12.0 Å². The van der Waals surface area contributed by atoms with Crippen LogP contribution < -0.4 is 10.1 Å². The Morgan fingerprint density at radius 1 is 1.28 bits per heavy atom. The molecule has 0 amide bonds. The molecule has 0 bridgehead atoms. The Bertz CT molecular complexity index is 383. The highest BCUT2D eigenvalue weighted by molar-refractivity contribution is 5.42. The molecule has 4 nitrogen and oxygen atoms in total. The molecule has 0 saturated heterocycles. The van der Waals surface area contributed by atoms with Gasteiger partial charge in [-0.1, -0.05) is 0 Å². The van der Waals surface area contributed by atoms with Crippen LogP contribution in [0.15, 0.2) is 12.1 Å². The minimum absolute atomic E-state index is 0.0507. The van der Waals surface area contributed by atoms with E-state index in [1.807, 2.05) is 0 Å². The number of aromatic nitrogens is 1. The fraction of sp³-hybridized carbons (Fsp3) is 0.545. The summed E-state index contributed by atoms with van der Waals surface area (Å²) < 4.78 is 47.8. The molecule has 0 aromatic carbocycles. The van der Waals surface area contributed by atoms with E-state index in [0.29, 0.717) is 13.0 Å². The summed E-state index contributed by atoms with van der Waals surface area (Å²) in [5.41, 5.74) is -0.788. The first-order chi connectivity index (χ1) is 8.47. The van der Waals surface area contributed by atoms with Gasteiger partial charge in [-0.3, -0.25) is 0 Å². The van der Waals surface area contributed by atoms with Gasteiger partial charge in [0.05, 0.1) is 12.2 Å². The highest BCUT2D eigenvalue weighted by atomic mass is 19.4. The van der Waals surface area contributed by atoms with E-state index in [9.17, 15) is 13.2 Å². The van der Waals surface area contributed by atoms with Gasteiger partial charge in [0, 0.05) is 33.3 Å². The summed E-state index contributed by atoms with van der Waals surface area (Å²) in [5, 5.41) is 2.57. The van der Waals surface area contributed by atoms with E-state index < -0.39 is 11.7 Å². The molecule has 0 aliphatic carbocycles. The van der Waals surface area contributed by atoms with Gasteiger partial charge in [-0.25, -0.2) is 0 Å². The maximum Gasteiger partial charge on any atom is 0.416 e. The monoisotopic (exact) mass is 264 g/mol. The first kappa shape index (κ1) is 14.6. The second-order valence-electron chi connectivity index (χ2n) is 3.52. The van der Waals surface area contributed by atoms with Crippen LogP contribution in [0.4, 0.5) is 19.0 Å². The molecule has 1 aromatic heterocycles. The Balaban J connectivity index is 2.78. The zero-order valence-electron chi connectivity index (χ0n) is 10.2. The lowest BCUT2D eigenvalue weighted by atomic mass is 10.2. The number of nitrogens with one attached hydrogen (secondary N) is 1. The molecule has 1 N–H and O–H groups in total. The van der Waals surface area contributed by atoms with Crippen LogP contribution in [0.5, 0.6) is 5.88 Å². The molecule has 7 heteroatoms. The number of hydrogen-bond acceptors (Lipinski definition) is 4. The van der Waals surface area contributed by atoms with E-state index >= 15 is 0 Å². The van der Waals surface area contributed by atoms with Gasteiger partial charge < -0.3 is 14.8 Å². The number of halogens is 3. The second kappa shape index (κ2) is 6.44. The van der Waals surface area contributed by atoms with E-state index in [-0.39, 0.29) is 18.3 Å². The molecule has 102 valence electrons. The van der Waals surface area contributed by atoms with Gasteiger partial charge in [0.25, 0.3) is 0 Å². The number of anilines is 1. The summed E-state index contributed by atoms with van der Waals surface area (Å²) in [6, 6.07) is 1.82. The summed E-state index contributed by atoms with van der Waals surface area (Å²) >= 11 is 0. The van der Waals surface area contributed by atoms with E-state index in [1.165, 1.54) is 7.05 Å². The normalized spacial score (nSPS) is 11.4. The quantitative estimate of drug-likeness (QED) is 0.802. The summed E-state index contributed by atoms with van der Waals surface area (Å²) in [4.78, 5) is 3.89. The minimum Gasteiger partial charge on any atom is -0.478 e. The molecule has 1 heterocycles. The van der Waals surface area contributed by atoms with Crippen molar-refractivity contribution >= 4 is 5.82 Å². The summed E-state index contributed by atoms with van der Waals surface area (Å²) in [6.45, 7) is 0.739. The molecule has 0 atom stereocenters. The number of methoxy groups -OCH3 is 1. The van der Waals surface area contributed by atoms with E-state index in [4.69, 9.17) is 9.47 Å². The van der Waals surface area contributed by atoms with Crippen molar-refractivity contribution in [2.24, 2.45) is 0 Å². The number of alkyl halides is 3. The number of pyridine rings is 1. The van der Waals surface area contributed by atoms with Crippen LogP contribution >= 0.6 is 0 Å². The highest BCUT2D eigenvalue weighted by Gasteiger charge is 2.31. The molecule has 1 rings (SSSR count). The van der Waals surface area contributed by atoms with Crippen LogP contribution in [0.2, 0.25) is 0 Å². The van der Waals surface area contributed by atoms with Gasteiger partial charge in [0.15, 0.2) is 0 Å². The third-order valence-corrected chi connectivity index (χ3v) is 2.13. The second-order valence-corrected chi connectivity index (χ2v) is 3.52. The van der Waals surface area contributed by atoms with Crippen LogP contribution in [0.25, 0.3) is 0 Å². The smallest absolute Gasteiger partial charge is 0.416 e. The van der Waals surface area contributed by atoms with E-state index in [2.05, 4.69) is 10.3 Å². The predicted molar refractivity (Wildman–Crippen MR) is 60.8 cm³/mol. The van der Waals surface area contributed by atoms with Crippen LogP contribution in [0.3, 0.4) is 0 Å². The number of nitrogens with zero attached hydrogens (tertiary/aromatic N) is 1. The largest absolute Gasteiger partial charge is 0.478 e. The number of ether oxygens (including phenoxy) is 2. The fourth-order valence-corrected chi connectivity index (χ4v) is 1.25. The molecule has 0 aliphatic rings. The van der Waals surface area contributed by atoms with Crippen LogP contribution in [-0.4, -0.2) is 32.4 Å². The predicted octanol–water partition coefficient (Wildman–Crippen LogP) is 2.56. The van der Waals surface area contributed by atoms with E-state index in [1.54, 1.807) is 7.11 Å². The zero-order valence-corrected chi connectivity index (χ0v) is 10.2. The SMILES string of the molecule is CNc1cc(C(F)(F)F)cc(OCCCOC)n1. The van der Waals surface area contributed by atoms with Crippen LogP contribution in [0, 0.1) is 0 Å².